The topological polar surface area (TPSA) is 43.9 Å². The van der Waals surface area contributed by atoms with Crippen LogP contribution in [-0.4, -0.2) is 14.5 Å². The van der Waals surface area contributed by atoms with Gasteiger partial charge in [-0.25, -0.2) is 4.98 Å². The zero-order chi connectivity index (χ0) is 21.9. The van der Waals surface area contributed by atoms with Crippen LogP contribution in [-0.2, 0) is 0 Å². The number of benzene rings is 4. The number of hydrogen-bond donors (Lipinski definition) is 0. The Morgan fingerprint density at radius 3 is 2.27 bits per heavy atom. The summed E-state index contributed by atoms with van der Waals surface area (Å²) in [5.41, 5.74) is 7.60. The van der Waals surface area contributed by atoms with Crippen molar-refractivity contribution >= 4 is 43.9 Å². The zero-order valence-corrected chi connectivity index (χ0v) is 18.0. The predicted molar refractivity (Wildman–Crippen MR) is 134 cm³/mol. The number of para-hydroxylation sites is 4. The molecular weight excluding hydrogens is 406 g/mol. The average molecular weight is 425 g/mol. The molecule has 3 heterocycles. The molecule has 33 heavy (non-hydrogen) atoms. The van der Waals surface area contributed by atoms with Crippen molar-refractivity contribution in [2.75, 3.05) is 0 Å². The van der Waals surface area contributed by atoms with E-state index in [0.29, 0.717) is 0 Å². The molecule has 7 rings (SSSR count). The van der Waals surface area contributed by atoms with E-state index in [0.717, 1.165) is 66.6 Å². The van der Waals surface area contributed by atoms with Crippen LogP contribution in [0.25, 0.3) is 61.0 Å². The first-order valence-corrected chi connectivity index (χ1v) is 11.0. The van der Waals surface area contributed by atoms with Gasteiger partial charge in [-0.05, 0) is 37.3 Å². The first kappa shape index (κ1) is 18.2. The Morgan fingerprint density at radius 2 is 1.39 bits per heavy atom. The normalized spacial score (nSPS) is 11.8. The van der Waals surface area contributed by atoms with Crippen molar-refractivity contribution in [3.05, 3.63) is 103 Å². The van der Waals surface area contributed by atoms with E-state index in [1.54, 1.807) is 0 Å². The lowest BCUT2D eigenvalue weighted by atomic mass is 10.1. The molecule has 0 fully saturated rings. The molecule has 0 spiro atoms. The number of nitrogens with zero attached hydrogens (tertiary/aromatic N) is 3. The molecule has 4 aromatic carbocycles. The number of imidazole rings is 1. The lowest BCUT2D eigenvalue weighted by molar-refractivity contribution is 0.669. The van der Waals surface area contributed by atoms with Crippen molar-refractivity contribution in [2.45, 2.75) is 6.92 Å². The van der Waals surface area contributed by atoms with Crippen LogP contribution in [0.15, 0.2) is 101 Å². The average Bonchev–Trinajstić information content (AvgIpc) is 3.44. The van der Waals surface area contributed by atoms with Crippen molar-refractivity contribution < 1.29 is 4.42 Å². The second-order valence-corrected chi connectivity index (χ2v) is 8.30. The summed E-state index contributed by atoms with van der Waals surface area (Å²) in [6.45, 7) is 2.06. The van der Waals surface area contributed by atoms with Gasteiger partial charge >= 0.3 is 0 Å². The minimum absolute atomic E-state index is 0.848. The molecule has 156 valence electrons. The lowest BCUT2D eigenvalue weighted by Crippen LogP contribution is -1.99. The monoisotopic (exact) mass is 425 g/mol. The third kappa shape index (κ3) is 2.58. The van der Waals surface area contributed by atoms with Gasteiger partial charge in [0.05, 0.1) is 22.3 Å². The number of aromatic nitrogens is 3. The van der Waals surface area contributed by atoms with Gasteiger partial charge in [0.25, 0.3) is 0 Å². The minimum Gasteiger partial charge on any atom is -0.455 e. The van der Waals surface area contributed by atoms with E-state index < -0.39 is 0 Å². The quantitative estimate of drug-likeness (QED) is 0.289. The standard InChI is InChI=1S/C29H19N3O/c1-18-27-26(22-13-5-7-16-24(22)30-18)31-29(32(27)19-10-3-2-4-11-19)23-15-9-14-21-20-12-6-8-17-25(20)33-28(21)23/h2-17H,1H3. The van der Waals surface area contributed by atoms with Crippen LogP contribution >= 0.6 is 0 Å². The molecule has 4 nitrogen and oxygen atoms in total. The number of furan rings is 1. The number of hydrogen-bond acceptors (Lipinski definition) is 3. The molecule has 0 aliphatic rings. The van der Waals surface area contributed by atoms with E-state index in [1.165, 1.54) is 0 Å². The molecule has 0 bridgehead atoms. The van der Waals surface area contributed by atoms with Crippen LogP contribution in [0.4, 0.5) is 0 Å². The number of fused-ring (bicyclic) bond motifs is 6. The fourth-order valence-electron chi connectivity index (χ4n) is 4.88. The van der Waals surface area contributed by atoms with Crippen LogP contribution in [0.2, 0.25) is 0 Å². The van der Waals surface area contributed by atoms with Gasteiger partial charge in [0, 0.05) is 21.8 Å². The molecule has 0 radical (unpaired) electrons. The Labute approximate surface area is 189 Å². The van der Waals surface area contributed by atoms with E-state index in [-0.39, 0.29) is 0 Å². The van der Waals surface area contributed by atoms with Crippen LogP contribution < -0.4 is 0 Å². The Bertz CT molecular complexity index is 1830. The lowest BCUT2D eigenvalue weighted by Gasteiger charge is -2.11. The van der Waals surface area contributed by atoms with Gasteiger partial charge in [-0.2, -0.15) is 0 Å². The summed E-state index contributed by atoms with van der Waals surface area (Å²) in [5, 5.41) is 3.25. The van der Waals surface area contributed by atoms with Crippen LogP contribution in [0, 0.1) is 6.92 Å². The molecule has 0 atom stereocenters. The van der Waals surface area contributed by atoms with Crippen LogP contribution in [0.5, 0.6) is 0 Å². The molecule has 0 amide bonds. The summed E-state index contributed by atoms with van der Waals surface area (Å²) in [5.74, 6) is 0.849. The first-order valence-electron chi connectivity index (χ1n) is 11.0. The highest BCUT2D eigenvalue weighted by molar-refractivity contribution is 6.10. The van der Waals surface area contributed by atoms with E-state index in [4.69, 9.17) is 14.4 Å². The molecule has 3 aromatic heterocycles. The van der Waals surface area contributed by atoms with E-state index in [2.05, 4.69) is 66.1 Å². The third-order valence-electron chi connectivity index (χ3n) is 6.33. The van der Waals surface area contributed by atoms with Gasteiger partial charge in [0.2, 0.25) is 0 Å². The molecule has 0 aliphatic heterocycles. The Balaban J connectivity index is 1.67. The van der Waals surface area contributed by atoms with Crippen molar-refractivity contribution in [2.24, 2.45) is 0 Å². The molecular formula is C29H19N3O. The van der Waals surface area contributed by atoms with Gasteiger partial charge in [-0.15, -0.1) is 0 Å². The summed E-state index contributed by atoms with van der Waals surface area (Å²) in [4.78, 5) is 10.1. The van der Waals surface area contributed by atoms with Crippen molar-refractivity contribution in [3.8, 4) is 17.1 Å². The summed E-state index contributed by atoms with van der Waals surface area (Å²) in [6.07, 6.45) is 0. The highest BCUT2D eigenvalue weighted by Gasteiger charge is 2.22. The van der Waals surface area contributed by atoms with Gasteiger partial charge in [-0.1, -0.05) is 66.7 Å². The molecule has 0 saturated carbocycles. The molecule has 0 aliphatic carbocycles. The maximum Gasteiger partial charge on any atom is 0.149 e. The van der Waals surface area contributed by atoms with Crippen LogP contribution in [0.3, 0.4) is 0 Å². The molecule has 7 aromatic rings. The SMILES string of the molecule is Cc1nc2ccccc2c2nc(-c3cccc4c3oc3ccccc34)n(-c3ccccc3)c12. The molecule has 0 saturated heterocycles. The minimum atomic E-state index is 0.848. The first-order chi connectivity index (χ1) is 16.3. The fraction of sp³-hybridized carbons (Fsp3) is 0.0345. The van der Waals surface area contributed by atoms with Crippen molar-refractivity contribution in [3.63, 3.8) is 0 Å². The Hall–Kier alpha value is -4.44. The fourth-order valence-corrected chi connectivity index (χ4v) is 4.88. The van der Waals surface area contributed by atoms with Crippen molar-refractivity contribution in [1.29, 1.82) is 0 Å². The van der Waals surface area contributed by atoms with E-state index in [9.17, 15) is 0 Å². The predicted octanol–water partition coefficient (Wildman–Crippen LogP) is 7.45. The van der Waals surface area contributed by atoms with Crippen LogP contribution in [0.1, 0.15) is 5.69 Å². The van der Waals surface area contributed by atoms with Crippen molar-refractivity contribution in [1.82, 2.24) is 14.5 Å². The summed E-state index contributed by atoms with van der Waals surface area (Å²) in [7, 11) is 0. The third-order valence-corrected chi connectivity index (χ3v) is 6.33. The maximum absolute atomic E-state index is 6.37. The van der Waals surface area contributed by atoms with E-state index >= 15 is 0 Å². The number of pyridine rings is 1. The largest absolute Gasteiger partial charge is 0.455 e. The van der Waals surface area contributed by atoms with E-state index in [1.807, 2.05) is 42.5 Å². The molecule has 0 unspecified atom stereocenters. The summed E-state index contributed by atoms with van der Waals surface area (Å²) >= 11 is 0. The summed E-state index contributed by atoms with van der Waals surface area (Å²) < 4.78 is 8.59. The Morgan fingerprint density at radius 1 is 0.667 bits per heavy atom. The number of aryl methyl sites for hydroxylation is 1. The smallest absolute Gasteiger partial charge is 0.149 e. The molecule has 0 N–H and O–H groups in total. The highest BCUT2D eigenvalue weighted by atomic mass is 16.3. The maximum atomic E-state index is 6.37. The second-order valence-electron chi connectivity index (χ2n) is 8.30. The van der Waals surface area contributed by atoms with Gasteiger partial charge < -0.3 is 4.42 Å². The Kier molecular flexibility index (Phi) is 3.73. The van der Waals surface area contributed by atoms with Gasteiger partial charge in [0.15, 0.2) is 0 Å². The second kappa shape index (κ2) is 6.78. The highest BCUT2D eigenvalue weighted by Crippen LogP contribution is 2.39. The van der Waals surface area contributed by atoms with Gasteiger partial charge in [-0.3, -0.25) is 9.55 Å². The number of rotatable bonds is 2. The van der Waals surface area contributed by atoms with Gasteiger partial charge in [0.1, 0.15) is 22.5 Å². The zero-order valence-electron chi connectivity index (χ0n) is 18.0. The molecule has 4 heteroatoms. The summed E-state index contributed by atoms with van der Waals surface area (Å²) in [6, 6.07) is 33.0.